The first-order valence-corrected chi connectivity index (χ1v) is 5.93. The van der Waals surface area contributed by atoms with Crippen LogP contribution in [0.3, 0.4) is 0 Å². The van der Waals surface area contributed by atoms with Gasteiger partial charge in [0.05, 0.1) is 10.0 Å². The standard InChI is InChI=1S/C13H7BrF3NO/c14-10-5-11(16)9(4-12(10)17)13(19)6-1-7(15)3-8(18)2-6/h1-5H,18H2. The number of nitrogen functional groups attached to an aromatic ring is 1. The highest BCUT2D eigenvalue weighted by molar-refractivity contribution is 9.10. The Kier molecular flexibility index (Phi) is 3.61. The summed E-state index contributed by atoms with van der Waals surface area (Å²) in [5.74, 6) is -3.24. The molecule has 0 radical (unpaired) electrons. The monoisotopic (exact) mass is 329 g/mol. The number of hydrogen-bond acceptors (Lipinski definition) is 2. The number of carbonyl (C=O) groups is 1. The van der Waals surface area contributed by atoms with Crippen LogP contribution in [0.1, 0.15) is 15.9 Å². The van der Waals surface area contributed by atoms with Crippen molar-refractivity contribution in [1.82, 2.24) is 0 Å². The molecule has 0 aliphatic heterocycles. The Labute approximate surface area is 115 Å². The van der Waals surface area contributed by atoms with Crippen molar-refractivity contribution in [3.63, 3.8) is 0 Å². The molecule has 0 bridgehead atoms. The Morgan fingerprint density at radius 2 is 1.68 bits per heavy atom. The van der Waals surface area contributed by atoms with Gasteiger partial charge in [0.15, 0.2) is 5.78 Å². The fraction of sp³-hybridized carbons (Fsp3) is 0. The average molecular weight is 330 g/mol. The van der Waals surface area contributed by atoms with E-state index in [0.717, 1.165) is 24.3 Å². The van der Waals surface area contributed by atoms with Gasteiger partial charge in [-0.2, -0.15) is 0 Å². The van der Waals surface area contributed by atoms with Crippen LogP contribution in [-0.2, 0) is 0 Å². The zero-order chi connectivity index (χ0) is 14.2. The lowest BCUT2D eigenvalue weighted by molar-refractivity contribution is 0.103. The molecule has 2 N–H and O–H groups in total. The molecule has 0 saturated heterocycles. The maximum absolute atomic E-state index is 13.6. The molecule has 0 fully saturated rings. The molecule has 0 heterocycles. The van der Waals surface area contributed by atoms with Gasteiger partial charge in [0.25, 0.3) is 0 Å². The third kappa shape index (κ3) is 2.78. The van der Waals surface area contributed by atoms with Gasteiger partial charge in [0.2, 0.25) is 0 Å². The number of rotatable bonds is 2. The van der Waals surface area contributed by atoms with Gasteiger partial charge >= 0.3 is 0 Å². The molecule has 2 rings (SSSR count). The van der Waals surface area contributed by atoms with Crippen LogP contribution in [0.5, 0.6) is 0 Å². The molecule has 6 heteroatoms. The number of carbonyl (C=O) groups excluding carboxylic acids is 1. The minimum atomic E-state index is -0.902. The summed E-state index contributed by atoms with van der Waals surface area (Å²) in [4.78, 5) is 12.0. The van der Waals surface area contributed by atoms with Gasteiger partial charge in [0, 0.05) is 11.3 Å². The van der Waals surface area contributed by atoms with E-state index >= 15 is 0 Å². The Hall–Kier alpha value is -1.82. The molecular weight excluding hydrogens is 323 g/mol. The second-order valence-corrected chi connectivity index (χ2v) is 4.70. The maximum Gasteiger partial charge on any atom is 0.196 e. The maximum atomic E-state index is 13.6. The molecule has 19 heavy (non-hydrogen) atoms. The Morgan fingerprint density at radius 1 is 1.00 bits per heavy atom. The normalized spacial score (nSPS) is 10.5. The first kappa shape index (κ1) is 13.6. The molecule has 0 aromatic heterocycles. The summed E-state index contributed by atoms with van der Waals surface area (Å²) >= 11 is 2.80. The van der Waals surface area contributed by atoms with E-state index < -0.39 is 28.8 Å². The molecule has 98 valence electrons. The predicted molar refractivity (Wildman–Crippen MR) is 68.3 cm³/mol. The molecule has 2 aromatic carbocycles. The highest BCUT2D eigenvalue weighted by atomic mass is 79.9. The van der Waals surface area contributed by atoms with Gasteiger partial charge in [-0.15, -0.1) is 0 Å². The van der Waals surface area contributed by atoms with Crippen molar-refractivity contribution >= 4 is 27.4 Å². The Balaban J connectivity index is 2.53. The van der Waals surface area contributed by atoms with Crippen LogP contribution in [0.15, 0.2) is 34.8 Å². The van der Waals surface area contributed by atoms with E-state index in [9.17, 15) is 18.0 Å². The molecule has 0 amide bonds. The van der Waals surface area contributed by atoms with Crippen LogP contribution in [-0.4, -0.2) is 5.78 Å². The van der Waals surface area contributed by atoms with Crippen LogP contribution in [0.4, 0.5) is 18.9 Å². The quantitative estimate of drug-likeness (QED) is 0.519. The minimum absolute atomic E-state index is 0.0290. The third-order valence-electron chi connectivity index (χ3n) is 2.44. The lowest BCUT2D eigenvalue weighted by Gasteiger charge is -2.05. The largest absolute Gasteiger partial charge is 0.399 e. The zero-order valence-electron chi connectivity index (χ0n) is 9.38. The summed E-state index contributed by atoms with van der Waals surface area (Å²) in [6.45, 7) is 0. The molecule has 0 saturated carbocycles. The third-order valence-corrected chi connectivity index (χ3v) is 3.04. The van der Waals surface area contributed by atoms with E-state index in [1.165, 1.54) is 6.07 Å². The second-order valence-electron chi connectivity index (χ2n) is 3.85. The fourth-order valence-corrected chi connectivity index (χ4v) is 1.91. The summed E-state index contributed by atoms with van der Waals surface area (Å²) in [5, 5.41) is 0. The predicted octanol–water partition coefficient (Wildman–Crippen LogP) is 3.68. The van der Waals surface area contributed by atoms with Crippen molar-refractivity contribution in [1.29, 1.82) is 0 Å². The van der Waals surface area contributed by atoms with Gasteiger partial charge in [-0.05, 0) is 46.3 Å². The van der Waals surface area contributed by atoms with Crippen LogP contribution < -0.4 is 5.73 Å². The lowest BCUT2D eigenvalue weighted by atomic mass is 10.0. The van der Waals surface area contributed by atoms with Crippen molar-refractivity contribution in [2.24, 2.45) is 0 Å². The molecule has 0 aliphatic carbocycles. The molecule has 0 spiro atoms. The van der Waals surface area contributed by atoms with Crippen LogP contribution in [0.25, 0.3) is 0 Å². The van der Waals surface area contributed by atoms with Crippen LogP contribution in [0.2, 0.25) is 0 Å². The highest BCUT2D eigenvalue weighted by Crippen LogP contribution is 2.23. The number of nitrogens with two attached hydrogens (primary N) is 1. The number of anilines is 1. The molecule has 0 aliphatic rings. The summed E-state index contributed by atoms with van der Waals surface area (Å²) < 4.78 is 40.0. The number of halogens is 4. The first-order chi connectivity index (χ1) is 8.88. The van der Waals surface area contributed by atoms with E-state index in [1.807, 2.05) is 0 Å². The molecular formula is C13H7BrF3NO. The molecule has 0 atom stereocenters. The van der Waals surface area contributed by atoms with Crippen molar-refractivity contribution in [3.8, 4) is 0 Å². The van der Waals surface area contributed by atoms with Gasteiger partial charge in [0.1, 0.15) is 17.5 Å². The smallest absolute Gasteiger partial charge is 0.196 e. The van der Waals surface area contributed by atoms with Crippen molar-refractivity contribution in [3.05, 3.63) is 63.4 Å². The number of ketones is 1. The first-order valence-electron chi connectivity index (χ1n) is 5.14. The summed E-state index contributed by atoms with van der Waals surface area (Å²) in [7, 11) is 0. The number of benzene rings is 2. The summed E-state index contributed by atoms with van der Waals surface area (Å²) in [6, 6.07) is 4.73. The second kappa shape index (κ2) is 5.05. The average Bonchev–Trinajstić information content (AvgIpc) is 2.31. The number of hydrogen-bond donors (Lipinski definition) is 1. The summed E-state index contributed by atoms with van der Waals surface area (Å²) in [5.41, 5.74) is 4.81. The van der Waals surface area contributed by atoms with Gasteiger partial charge in [-0.3, -0.25) is 4.79 Å². The van der Waals surface area contributed by atoms with Crippen LogP contribution in [0, 0.1) is 17.5 Å². The van der Waals surface area contributed by atoms with E-state index in [4.69, 9.17) is 5.73 Å². The van der Waals surface area contributed by atoms with Gasteiger partial charge in [-0.1, -0.05) is 0 Å². The van der Waals surface area contributed by atoms with E-state index in [1.54, 1.807) is 0 Å². The SMILES string of the molecule is Nc1cc(F)cc(C(=O)c2cc(F)c(Br)cc2F)c1. The van der Waals surface area contributed by atoms with Crippen molar-refractivity contribution in [2.75, 3.05) is 5.73 Å². The molecule has 2 aromatic rings. The van der Waals surface area contributed by atoms with E-state index in [-0.39, 0.29) is 15.7 Å². The van der Waals surface area contributed by atoms with Crippen LogP contribution >= 0.6 is 15.9 Å². The lowest BCUT2D eigenvalue weighted by Crippen LogP contribution is -2.06. The highest BCUT2D eigenvalue weighted by Gasteiger charge is 2.18. The molecule has 2 nitrogen and oxygen atoms in total. The fourth-order valence-electron chi connectivity index (χ4n) is 1.60. The Morgan fingerprint density at radius 3 is 2.32 bits per heavy atom. The van der Waals surface area contributed by atoms with E-state index in [2.05, 4.69) is 15.9 Å². The van der Waals surface area contributed by atoms with E-state index in [0.29, 0.717) is 0 Å². The minimum Gasteiger partial charge on any atom is -0.399 e. The van der Waals surface area contributed by atoms with Gasteiger partial charge in [-0.25, -0.2) is 13.2 Å². The Bertz CT molecular complexity index is 653. The molecule has 0 unspecified atom stereocenters. The topological polar surface area (TPSA) is 43.1 Å². The van der Waals surface area contributed by atoms with Gasteiger partial charge < -0.3 is 5.73 Å². The zero-order valence-corrected chi connectivity index (χ0v) is 11.0. The van der Waals surface area contributed by atoms with Crippen molar-refractivity contribution in [2.45, 2.75) is 0 Å². The van der Waals surface area contributed by atoms with Crippen molar-refractivity contribution < 1.29 is 18.0 Å². The summed E-state index contributed by atoms with van der Waals surface area (Å²) in [6.07, 6.45) is 0.